The summed E-state index contributed by atoms with van der Waals surface area (Å²) in [7, 11) is 0. The second-order valence-corrected chi connectivity index (χ2v) is 2.31. The van der Waals surface area contributed by atoms with E-state index in [0.717, 1.165) is 6.08 Å². The molecule has 13 heavy (non-hydrogen) atoms. The van der Waals surface area contributed by atoms with E-state index >= 15 is 0 Å². The van der Waals surface area contributed by atoms with Crippen molar-refractivity contribution < 1.29 is 70.8 Å². The number of rotatable bonds is 4. The molecule has 0 radical (unpaired) electrons. The zero-order valence-electron chi connectivity index (χ0n) is 8.07. The van der Waals surface area contributed by atoms with E-state index in [9.17, 15) is 14.7 Å². The van der Waals surface area contributed by atoms with Gasteiger partial charge < -0.3 is 14.6 Å². The minimum Gasteiger partial charge on any atom is -0.545 e. The van der Waals surface area contributed by atoms with Crippen molar-refractivity contribution in [1.29, 1.82) is 0 Å². The van der Waals surface area contributed by atoms with Crippen LogP contribution in [0.15, 0.2) is 12.2 Å². The van der Waals surface area contributed by atoms with Gasteiger partial charge in [0, 0.05) is 6.08 Å². The molecule has 68 valence electrons. The fraction of sp³-hybridized carbons (Fsp3) is 0.500. The second-order valence-electron chi connectivity index (χ2n) is 2.31. The Bertz CT molecular complexity index is 200. The number of ether oxygens (including phenoxy) is 1. The van der Waals surface area contributed by atoms with Crippen LogP contribution in [0, 0.1) is 0 Å². The Hall–Kier alpha value is 0.316. The number of aliphatic carboxylic acids is 1. The summed E-state index contributed by atoms with van der Waals surface area (Å²) in [6.45, 7) is 3.59. The summed E-state index contributed by atoms with van der Waals surface area (Å²) in [4.78, 5) is 20.6. The first-order chi connectivity index (χ1) is 5.56. The van der Waals surface area contributed by atoms with Crippen molar-refractivity contribution in [3.8, 4) is 0 Å². The third-order valence-corrected chi connectivity index (χ3v) is 1.25. The van der Waals surface area contributed by atoms with Crippen molar-refractivity contribution >= 4 is 11.9 Å². The van der Waals surface area contributed by atoms with E-state index in [1.54, 1.807) is 6.92 Å². The van der Waals surface area contributed by atoms with Crippen LogP contribution in [0.1, 0.15) is 20.3 Å². The van der Waals surface area contributed by atoms with E-state index in [-0.39, 0.29) is 57.5 Å². The zero-order chi connectivity index (χ0) is 9.56. The van der Waals surface area contributed by atoms with Crippen molar-refractivity contribution in [1.82, 2.24) is 0 Å². The van der Waals surface area contributed by atoms with Gasteiger partial charge in [0.05, 0.1) is 12.1 Å². The van der Waals surface area contributed by atoms with Crippen molar-refractivity contribution in [2.75, 3.05) is 0 Å². The Labute approximate surface area is 120 Å². The van der Waals surface area contributed by atoms with Crippen LogP contribution in [0.2, 0.25) is 0 Å². The standard InChI is InChI=1S/C8H12O4.K/c1-3-6(2)12-8(11)5-4-7(9)10;/h4-6H,3H2,1-2H3,(H,9,10);/q;+1/p-1/b5-4-;. The molecule has 0 heterocycles. The zero-order valence-corrected chi connectivity index (χ0v) is 11.2. The van der Waals surface area contributed by atoms with E-state index in [4.69, 9.17) is 4.74 Å². The predicted molar refractivity (Wildman–Crippen MR) is 40.0 cm³/mol. The van der Waals surface area contributed by atoms with Crippen molar-refractivity contribution in [2.24, 2.45) is 0 Å². The summed E-state index contributed by atoms with van der Waals surface area (Å²) in [5.41, 5.74) is 0. The number of carboxylic acids is 1. The average Bonchev–Trinajstić information content (AvgIpc) is 2.00. The van der Waals surface area contributed by atoms with Crippen molar-refractivity contribution in [3.63, 3.8) is 0 Å². The van der Waals surface area contributed by atoms with E-state index in [2.05, 4.69) is 0 Å². The Kier molecular flexibility index (Phi) is 10.8. The van der Waals surface area contributed by atoms with Gasteiger partial charge in [-0.05, 0) is 19.4 Å². The van der Waals surface area contributed by atoms with Gasteiger partial charge in [-0.1, -0.05) is 6.92 Å². The van der Waals surface area contributed by atoms with Crippen LogP contribution in [0.5, 0.6) is 0 Å². The smallest absolute Gasteiger partial charge is 0.545 e. The third kappa shape index (κ3) is 10.2. The molecule has 1 atom stereocenters. The number of carbonyl (C=O) groups is 2. The molecule has 0 aliphatic rings. The Morgan fingerprint density at radius 1 is 1.46 bits per heavy atom. The van der Waals surface area contributed by atoms with Crippen LogP contribution < -0.4 is 56.5 Å². The van der Waals surface area contributed by atoms with Gasteiger partial charge in [0.2, 0.25) is 0 Å². The summed E-state index contributed by atoms with van der Waals surface area (Å²) in [6, 6.07) is 0. The molecule has 0 aromatic carbocycles. The Morgan fingerprint density at radius 3 is 2.38 bits per heavy atom. The van der Waals surface area contributed by atoms with Gasteiger partial charge in [0.15, 0.2) is 0 Å². The maximum absolute atomic E-state index is 10.7. The van der Waals surface area contributed by atoms with Crippen LogP contribution in [0.3, 0.4) is 0 Å². The summed E-state index contributed by atoms with van der Waals surface area (Å²) in [6.07, 6.45) is 1.99. The summed E-state index contributed by atoms with van der Waals surface area (Å²) < 4.78 is 4.73. The molecule has 0 spiro atoms. The molecule has 0 aromatic heterocycles. The van der Waals surface area contributed by atoms with E-state index in [1.807, 2.05) is 6.92 Å². The number of hydrogen-bond donors (Lipinski definition) is 0. The molecule has 0 aromatic rings. The molecule has 0 saturated carbocycles. The molecule has 0 bridgehead atoms. The minimum atomic E-state index is -1.41. The Balaban J connectivity index is 0. The first kappa shape index (κ1) is 15.8. The van der Waals surface area contributed by atoms with Gasteiger partial charge in [0.25, 0.3) is 0 Å². The normalized spacial score (nSPS) is 11.8. The van der Waals surface area contributed by atoms with Gasteiger partial charge in [-0.2, -0.15) is 0 Å². The van der Waals surface area contributed by atoms with Crippen LogP contribution in [0.25, 0.3) is 0 Å². The van der Waals surface area contributed by atoms with Gasteiger partial charge in [-0.3, -0.25) is 0 Å². The van der Waals surface area contributed by atoms with Crippen LogP contribution >= 0.6 is 0 Å². The van der Waals surface area contributed by atoms with Gasteiger partial charge in [-0.15, -0.1) is 0 Å². The largest absolute Gasteiger partial charge is 1.00 e. The number of carbonyl (C=O) groups excluding carboxylic acids is 2. The molecule has 0 aliphatic carbocycles. The monoisotopic (exact) mass is 210 g/mol. The molecule has 4 nitrogen and oxygen atoms in total. The van der Waals surface area contributed by atoms with Crippen molar-refractivity contribution in [3.05, 3.63) is 12.2 Å². The van der Waals surface area contributed by atoms with Crippen LogP contribution in [-0.4, -0.2) is 18.0 Å². The second kappa shape index (κ2) is 8.89. The fourth-order valence-electron chi connectivity index (χ4n) is 0.457. The SMILES string of the molecule is CCC(C)OC(=O)/C=C\C(=O)[O-].[K+]. The molecule has 0 N–H and O–H groups in total. The van der Waals surface area contributed by atoms with E-state index in [0.29, 0.717) is 12.5 Å². The number of hydrogen-bond acceptors (Lipinski definition) is 4. The van der Waals surface area contributed by atoms with E-state index < -0.39 is 11.9 Å². The maximum Gasteiger partial charge on any atom is 1.00 e. The molecule has 0 saturated heterocycles. The Morgan fingerprint density at radius 2 is 2.00 bits per heavy atom. The summed E-state index contributed by atoms with van der Waals surface area (Å²) in [5, 5.41) is 9.85. The molecule has 0 aliphatic heterocycles. The fourth-order valence-corrected chi connectivity index (χ4v) is 0.457. The summed E-state index contributed by atoms with van der Waals surface area (Å²) in [5.74, 6) is -2.07. The molecular weight excluding hydrogens is 199 g/mol. The molecule has 0 amide bonds. The van der Waals surface area contributed by atoms with Crippen molar-refractivity contribution in [2.45, 2.75) is 26.4 Å². The first-order valence-corrected chi connectivity index (χ1v) is 3.66. The summed E-state index contributed by atoms with van der Waals surface area (Å²) >= 11 is 0. The van der Waals surface area contributed by atoms with Crippen LogP contribution in [-0.2, 0) is 14.3 Å². The molecule has 1 unspecified atom stereocenters. The minimum absolute atomic E-state index is 0. The molecule has 5 heteroatoms. The quantitative estimate of drug-likeness (QED) is 0.276. The van der Waals surface area contributed by atoms with Gasteiger partial charge in [-0.25, -0.2) is 4.79 Å². The first-order valence-electron chi connectivity index (χ1n) is 3.66. The average molecular weight is 210 g/mol. The number of esters is 1. The number of carboxylic acid groups (broad SMARTS) is 1. The topological polar surface area (TPSA) is 66.4 Å². The molecule has 0 rings (SSSR count). The molecule has 0 fully saturated rings. The van der Waals surface area contributed by atoms with E-state index in [1.165, 1.54) is 0 Å². The van der Waals surface area contributed by atoms with Gasteiger partial charge in [0.1, 0.15) is 0 Å². The van der Waals surface area contributed by atoms with Gasteiger partial charge >= 0.3 is 57.4 Å². The molecular formula is C8H11KO4. The maximum atomic E-state index is 10.7. The third-order valence-electron chi connectivity index (χ3n) is 1.25. The predicted octanol–water partition coefficient (Wildman–Crippen LogP) is -3.36. The van der Waals surface area contributed by atoms with Crippen LogP contribution in [0.4, 0.5) is 0 Å².